The number of amides is 2. The van der Waals surface area contributed by atoms with Crippen LogP contribution in [-0.2, 0) is 14.3 Å². The highest BCUT2D eigenvalue weighted by molar-refractivity contribution is 5.84. The van der Waals surface area contributed by atoms with Gasteiger partial charge in [0.2, 0.25) is 0 Å². The molecule has 2 aliphatic rings. The van der Waals surface area contributed by atoms with Crippen LogP contribution >= 0.6 is 0 Å². The number of hydrogen-bond acceptors (Lipinski definition) is 4. The molecule has 34 heavy (non-hydrogen) atoms. The number of ether oxygens (including phenoxy) is 1. The molecule has 0 spiro atoms. The maximum absolute atomic E-state index is 14.5. The largest absolute Gasteiger partial charge is 0.481 e. The monoisotopic (exact) mass is 472 g/mol. The second-order valence-corrected chi connectivity index (χ2v) is 8.74. The van der Waals surface area contributed by atoms with Crippen molar-refractivity contribution >= 4 is 18.0 Å². The van der Waals surface area contributed by atoms with E-state index < -0.39 is 30.4 Å². The molecule has 180 valence electrons. The van der Waals surface area contributed by atoms with Gasteiger partial charge in [-0.1, -0.05) is 48.5 Å². The summed E-state index contributed by atoms with van der Waals surface area (Å²) in [6, 6.07) is 15.5. The Morgan fingerprint density at radius 3 is 2.29 bits per heavy atom. The number of alkyl carbamates (subject to hydrolysis) is 1. The first-order chi connectivity index (χ1) is 16.3. The number of benzene rings is 2. The number of piperidine rings is 1. The summed E-state index contributed by atoms with van der Waals surface area (Å²) in [7, 11) is 0. The van der Waals surface area contributed by atoms with Gasteiger partial charge < -0.3 is 20.1 Å². The Kier molecular flexibility index (Phi) is 6.81. The van der Waals surface area contributed by atoms with Crippen LogP contribution in [0.2, 0.25) is 0 Å². The molecule has 2 aromatic carbocycles. The Bertz CT molecular complexity index is 1040. The van der Waals surface area contributed by atoms with E-state index in [4.69, 9.17) is 9.84 Å². The topological polar surface area (TPSA) is 95.9 Å². The Balaban J connectivity index is 1.31. The molecule has 0 aromatic heterocycles. The highest BCUT2D eigenvalue weighted by Crippen LogP contribution is 2.44. The number of fused-ring (bicyclic) bond motifs is 3. The smallest absolute Gasteiger partial charge is 0.407 e. The van der Waals surface area contributed by atoms with Crippen LogP contribution in [-0.4, -0.2) is 60.1 Å². The molecule has 2 N–H and O–H groups in total. The molecule has 2 amide bonds. The predicted molar refractivity (Wildman–Crippen MR) is 120 cm³/mol. The van der Waals surface area contributed by atoms with Gasteiger partial charge in [-0.15, -0.1) is 0 Å². The van der Waals surface area contributed by atoms with E-state index in [0.29, 0.717) is 12.8 Å². The van der Waals surface area contributed by atoms with Gasteiger partial charge in [-0.3, -0.25) is 9.59 Å². The maximum atomic E-state index is 14.5. The quantitative estimate of drug-likeness (QED) is 0.638. The van der Waals surface area contributed by atoms with Crippen LogP contribution in [0.5, 0.6) is 0 Å². The van der Waals surface area contributed by atoms with Gasteiger partial charge in [0.05, 0.1) is 6.54 Å². The van der Waals surface area contributed by atoms with Gasteiger partial charge in [-0.2, -0.15) is 8.78 Å². The van der Waals surface area contributed by atoms with E-state index in [1.807, 2.05) is 53.8 Å². The molecule has 1 saturated heterocycles. The van der Waals surface area contributed by atoms with Gasteiger partial charge in [0.15, 0.2) is 0 Å². The zero-order valence-electron chi connectivity index (χ0n) is 18.5. The van der Waals surface area contributed by atoms with Crippen LogP contribution in [0, 0.1) is 5.92 Å². The van der Waals surface area contributed by atoms with Crippen LogP contribution in [0.15, 0.2) is 48.5 Å². The van der Waals surface area contributed by atoms with Crippen molar-refractivity contribution in [2.75, 3.05) is 26.2 Å². The average Bonchev–Trinajstić information content (AvgIpc) is 3.14. The number of carbonyl (C=O) groups excluding carboxylic acids is 2. The van der Waals surface area contributed by atoms with Gasteiger partial charge in [0, 0.05) is 25.4 Å². The molecule has 7 nitrogen and oxygen atoms in total. The van der Waals surface area contributed by atoms with Crippen LogP contribution in [0.3, 0.4) is 0 Å². The Morgan fingerprint density at radius 2 is 1.68 bits per heavy atom. The Labute approximate surface area is 195 Å². The highest BCUT2D eigenvalue weighted by Gasteiger charge is 2.44. The summed E-state index contributed by atoms with van der Waals surface area (Å²) in [5.41, 5.74) is 4.09. The molecule has 0 saturated carbocycles. The second-order valence-electron chi connectivity index (χ2n) is 8.74. The number of carboxylic acids is 1. The molecule has 1 aliphatic carbocycles. The predicted octanol–water partition coefficient (Wildman–Crippen LogP) is 3.87. The fourth-order valence-electron chi connectivity index (χ4n) is 4.80. The van der Waals surface area contributed by atoms with Gasteiger partial charge in [0.1, 0.15) is 6.61 Å². The maximum Gasteiger partial charge on any atom is 0.407 e. The van der Waals surface area contributed by atoms with Crippen LogP contribution < -0.4 is 5.32 Å². The molecule has 1 unspecified atom stereocenters. The summed E-state index contributed by atoms with van der Waals surface area (Å²) in [4.78, 5) is 36.4. The summed E-state index contributed by atoms with van der Waals surface area (Å²) in [6.45, 7) is -1.12. The summed E-state index contributed by atoms with van der Waals surface area (Å²) in [5.74, 6) is -6.83. The highest BCUT2D eigenvalue weighted by atomic mass is 19.3. The third kappa shape index (κ3) is 5.03. The summed E-state index contributed by atoms with van der Waals surface area (Å²) >= 11 is 0. The third-order valence-electron chi connectivity index (χ3n) is 6.38. The van der Waals surface area contributed by atoms with E-state index in [1.54, 1.807) is 0 Å². The van der Waals surface area contributed by atoms with Crippen molar-refractivity contribution in [2.45, 2.75) is 31.1 Å². The molecule has 1 fully saturated rings. The van der Waals surface area contributed by atoms with Crippen molar-refractivity contribution in [1.29, 1.82) is 0 Å². The first kappa shape index (κ1) is 23.7. The van der Waals surface area contributed by atoms with Gasteiger partial charge in [0.25, 0.3) is 5.91 Å². The molecule has 1 aliphatic heterocycles. The van der Waals surface area contributed by atoms with Crippen LogP contribution in [0.25, 0.3) is 11.1 Å². The number of rotatable bonds is 7. The Hall–Kier alpha value is -3.49. The lowest BCUT2D eigenvalue weighted by atomic mass is 9.94. The first-order valence-electron chi connectivity index (χ1n) is 11.2. The minimum atomic E-state index is -3.82. The van der Waals surface area contributed by atoms with Gasteiger partial charge >= 0.3 is 18.0 Å². The van der Waals surface area contributed by atoms with Gasteiger partial charge in [-0.05, 0) is 41.0 Å². The van der Waals surface area contributed by atoms with Crippen molar-refractivity contribution in [2.24, 2.45) is 5.92 Å². The Morgan fingerprint density at radius 1 is 1.06 bits per heavy atom. The zero-order chi connectivity index (χ0) is 24.3. The lowest BCUT2D eigenvalue weighted by Crippen LogP contribution is -2.52. The number of hydrogen-bond donors (Lipinski definition) is 2. The van der Waals surface area contributed by atoms with Crippen molar-refractivity contribution in [1.82, 2.24) is 10.2 Å². The molecule has 1 heterocycles. The summed E-state index contributed by atoms with van der Waals surface area (Å²) in [6.07, 6.45) is -0.177. The number of nitrogens with zero attached hydrogens (tertiary/aromatic N) is 1. The zero-order valence-corrected chi connectivity index (χ0v) is 18.5. The molecule has 4 rings (SSSR count). The number of carbonyl (C=O) groups is 3. The number of halogens is 2. The number of aliphatic carboxylic acids is 1. The van der Waals surface area contributed by atoms with E-state index >= 15 is 0 Å². The number of alkyl halides is 2. The fraction of sp³-hybridized carbons (Fsp3) is 0.400. The summed E-state index contributed by atoms with van der Waals surface area (Å²) < 4.78 is 34.3. The first-order valence-corrected chi connectivity index (χ1v) is 11.2. The fourth-order valence-corrected chi connectivity index (χ4v) is 4.80. The van der Waals surface area contributed by atoms with Crippen LogP contribution in [0.4, 0.5) is 13.6 Å². The van der Waals surface area contributed by atoms with Crippen molar-refractivity contribution in [3.63, 3.8) is 0 Å². The van der Waals surface area contributed by atoms with Crippen molar-refractivity contribution < 1.29 is 33.0 Å². The third-order valence-corrected chi connectivity index (χ3v) is 6.38. The summed E-state index contributed by atoms with van der Waals surface area (Å²) in [5, 5.41) is 10.9. The van der Waals surface area contributed by atoms with E-state index in [0.717, 1.165) is 27.2 Å². The molecule has 9 heteroatoms. The van der Waals surface area contributed by atoms with Crippen molar-refractivity contribution in [3.05, 3.63) is 59.7 Å². The normalized spacial score (nSPS) is 17.6. The molecular formula is C25H26F2N2O5. The number of carboxylic acid groups (broad SMARTS) is 1. The minimum Gasteiger partial charge on any atom is -0.481 e. The van der Waals surface area contributed by atoms with E-state index in [9.17, 15) is 23.2 Å². The van der Waals surface area contributed by atoms with Crippen LogP contribution in [0.1, 0.15) is 36.3 Å². The molecule has 0 radical (unpaired) electrons. The molecular weight excluding hydrogens is 446 g/mol. The number of nitrogens with one attached hydrogen (secondary N) is 1. The van der Waals surface area contributed by atoms with Gasteiger partial charge in [-0.25, -0.2) is 4.79 Å². The van der Waals surface area contributed by atoms with E-state index in [-0.39, 0.29) is 38.0 Å². The molecule has 2 aromatic rings. The van der Waals surface area contributed by atoms with E-state index in [1.165, 1.54) is 0 Å². The lowest BCUT2D eigenvalue weighted by molar-refractivity contribution is -0.159. The lowest BCUT2D eigenvalue weighted by Gasteiger charge is -2.34. The molecule has 0 bridgehead atoms. The molecule has 1 atom stereocenters. The van der Waals surface area contributed by atoms with Crippen molar-refractivity contribution in [3.8, 4) is 11.1 Å². The average molecular weight is 472 g/mol. The minimum absolute atomic E-state index is 0.0254. The second kappa shape index (κ2) is 9.79. The SMILES string of the molecule is O=C(O)CC1CCCN(C(=O)C(F)(F)CNC(=O)OCC2c3ccccc3-c3ccccc32)C1. The standard InChI is InChI=1S/C25H26F2N2O5/c26-25(27,23(32)29-11-5-6-16(13-29)12-22(30)31)15-28-24(33)34-14-21-19-9-3-1-7-17(19)18-8-2-4-10-20(18)21/h1-4,7-10,16,21H,5-6,11-15H2,(H,28,33)(H,30,31). The number of likely N-dealkylation sites (tertiary alicyclic amines) is 1. The van der Waals surface area contributed by atoms with E-state index in [2.05, 4.69) is 0 Å².